The second kappa shape index (κ2) is 7.68. The molecule has 3 rings (SSSR count). The molecular weight excluding hydrogens is 374 g/mol. The molecule has 0 saturated carbocycles. The molecule has 0 aliphatic carbocycles. The van der Waals surface area contributed by atoms with Gasteiger partial charge in [-0.3, -0.25) is 4.79 Å². The van der Waals surface area contributed by atoms with Gasteiger partial charge >= 0.3 is 0 Å². The number of hydrogen-bond acceptors (Lipinski definition) is 4. The highest BCUT2D eigenvalue weighted by atomic mass is 35.5. The van der Waals surface area contributed by atoms with Crippen molar-refractivity contribution in [2.45, 2.75) is 24.9 Å². The molecule has 0 bridgehead atoms. The summed E-state index contributed by atoms with van der Waals surface area (Å²) in [4.78, 5) is 12.6. The lowest BCUT2D eigenvalue weighted by Gasteiger charge is -2.16. The molecule has 1 aliphatic heterocycles. The predicted octanol–water partition coefficient (Wildman–Crippen LogP) is 2.71. The summed E-state index contributed by atoms with van der Waals surface area (Å²) in [6, 6.07) is 14.2. The maximum Gasteiger partial charge on any atom is 0.251 e. The average Bonchev–Trinajstić information content (AvgIpc) is 2.86. The smallest absolute Gasteiger partial charge is 0.251 e. The van der Waals surface area contributed by atoms with Crippen LogP contribution in [0.25, 0.3) is 0 Å². The molecule has 1 aliphatic rings. The topological polar surface area (TPSA) is 72.5 Å². The van der Waals surface area contributed by atoms with Crippen molar-refractivity contribution in [3.05, 3.63) is 65.2 Å². The van der Waals surface area contributed by atoms with Crippen molar-refractivity contribution in [3.8, 4) is 5.75 Å². The number of rotatable bonds is 5. The third-order valence-electron chi connectivity index (χ3n) is 4.28. The Morgan fingerprint density at radius 3 is 2.50 bits per heavy atom. The molecule has 5 nitrogen and oxygen atoms in total. The Balaban J connectivity index is 1.70. The van der Waals surface area contributed by atoms with Gasteiger partial charge in [0, 0.05) is 11.1 Å². The Kier molecular flexibility index (Phi) is 5.53. The summed E-state index contributed by atoms with van der Waals surface area (Å²) >= 11 is 6.07. The van der Waals surface area contributed by atoms with Crippen LogP contribution >= 0.6 is 11.6 Å². The molecule has 2 atom stereocenters. The first-order valence-corrected chi connectivity index (χ1v) is 10.5. The number of aryl methyl sites for hydroxylation is 1. The van der Waals surface area contributed by atoms with E-state index in [0.29, 0.717) is 11.3 Å². The molecule has 1 heterocycles. The zero-order valence-electron chi connectivity index (χ0n) is 14.3. The van der Waals surface area contributed by atoms with Crippen LogP contribution in [-0.2, 0) is 16.4 Å². The number of benzene rings is 2. The molecular formula is C19H20ClNO4S. The van der Waals surface area contributed by atoms with Gasteiger partial charge in [0.1, 0.15) is 12.4 Å². The Hall–Kier alpha value is -2.05. The number of amides is 1. The molecule has 1 fully saturated rings. The van der Waals surface area contributed by atoms with E-state index >= 15 is 0 Å². The van der Waals surface area contributed by atoms with Crippen LogP contribution in [0, 0.1) is 6.92 Å². The number of alkyl halides is 1. The highest BCUT2D eigenvalue weighted by molar-refractivity contribution is 7.91. The molecule has 26 heavy (non-hydrogen) atoms. The summed E-state index contributed by atoms with van der Waals surface area (Å²) in [7, 11) is -3.20. The van der Waals surface area contributed by atoms with Gasteiger partial charge in [-0.25, -0.2) is 8.42 Å². The summed E-state index contributed by atoms with van der Waals surface area (Å²) in [5.41, 5.74) is 2.31. The fourth-order valence-electron chi connectivity index (χ4n) is 2.85. The first-order chi connectivity index (χ1) is 12.3. The van der Waals surface area contributed by atoms with Crippen LogP contribution in [0.15, 0.2) is 48.5 Å². The molecule has 0 aromatic heterocycles. The van der Waals surface area contributed by atoms with Gasteiger partial charge in [-0.15, -0.1) is 11.6 Å². The second-order valence-electron chi connectivity index (χ2n) is 6.43. The average molecular weight is 394 g/mol. The summed E-state index contributed by atoms with van der Waals surface area (Å²) in [5, 5.41) is 2.13. The van der Waals surface area contributed by atoms with Crippen LogP contribution in [0.4, 0.5) is 0 Å². The van der Waals surface area contributed by atoms with Crippen molar-refractivity contribution in [2.75, 3.05) is 11.5 Å². The predicted molar refractivity (Wildman–Crippen MR) is 102 cm³/mol. The van der Waals surface area contributed by atoms with Crippen molar-refractivity contribution >= 4 is 27.3 Å². The highest BCUT2D eigenvalue weighted by Gasteiger charge is 2.37. The standard InChI is InChI=1S/C19H20ClNO4S/c1-13-6-8-15(9-7-13)25-10-14-4-2-3-5-16(14)19(22)21-18-12-26(23,24)11-17(18)20/h2-9,17-18H,10-12H2,1H3,(H,21,22). The lowest BCUT2D eigenvalue weighted by atomic mass is 10.1. The van der Waals surface area contributed by atoms with Gasteiger partial charge < -0.3 is 10.1 Å². The number of carbonyl (C=O) groups is 1. The van der Waals surface area contributed by atoms with Crippen LogP contribution in [0.5, 0.6) is 5.75 Å². The van der Waals surface area contributed by atoms with Gasteiger partial charge in [0.25, 0.3) is 5.91 Å². The van der Waals surface area contributed by atoms with Crippen LogP contribution in [0.1, 0.15) is 21.5 Å². The minimum Gasteiger partial charge on any atom is -0.489 e. The quantitative estimate of drug-likeness (QED) is 0.793. The molecule has 1 saturated heterocycles. The number of halogens is 1. The monoisotopic (exact) mass is 393 g/mol. The second-order valence-corrected chi connectivity index (χ2v) is 9.15. The van der Waals surface area contributed by atoms with E-state index in [1.54, 1.807) is 12.1 Å². The van der Waals surface area contributed by atoms with E-state index in [1.165, 1.54) is 0 Å². The lowest BCUT2D eigenvalue weighted by molar-refractivity contribution is 0.0939. The van der Waals surface area contributed by atoms with Crippen LogP contribution in [-0.4, -0.2) is 37.2 Å². The van der Waals surface area contributed by atoms with Gasteiger partial charge in [0.05, 0.1) is 22.9 Å². The number of ether oxygens (including phenoxy) is 1. The highest BCUT2D eigenvalue weighted by Crippen LogP contribution is 2.20. The number of nitrogens with one attached hydrogen (secondary N) is 1. The van der Waals surface area contributed by atoms with E-state index in [4.69, 9.17) is 16.3 Å². The Bertz CT molecular complexity index is 896. The third-order valence-corrected chi connectivity index (χ3v) is 6.65. The zero-order valence-corrected chi connectivity index (χ0v) is 15.9. The Morgan fingerprint density at radius 2 is 1.85 bits per heavy atom. The van der Waals surface area contributed by atoms with Crippen LogP contribution in [0.3, 0.4) is 0 Å². The lowest BCUT2D eigenvalue weighted by Crippen LogP contribution is -2.41. The summed E-state index contributed by atoms with van der Waals surface area (Å²) in [6.45, 7) is 2.23. The van der Waals surface area contributed by atoms with E-state index in [1.807, 2.05) is 43.3 Å². The van der Waals surface area contributed by atoms with E-state index in [-0.39, 0.29) is 24.0 Å². The van der Waals surface area contributed by atoms with Crippen LogP contribution in [0.2, 0.25) is 0 Å². The van der Waals surface area contributed by atoms with Gasteiger partial charge in [0.2, 0.25) is 0 Å². The van der Waals surface area contributed by atoms with Crippen molar-refractivity contribution in [1.82, 2.24) is 5.32 Å². The van der Waals surface area contributed by atoms with Crippen LogP contribution < -0.4 is 10.1 Å². The fourth-order valence-corrected chi connectivity index (χ4v) is 5.40. The molecule has 1 N–H and O–H groups in total. The maximum absolute atomic E-state index is 12.6. The summed E-state index contributed by atoms with van der Waals surface area (Å²) < 4.78 is 29.1. The minimum absolute atomic E-state index is 0.113. The third kappa shape index (κ3) is 4.56. The van der Waals surface area contributed by atoms with E-state index in [0.717, 1.165) is 11.1 Å². The molecule has 2 aromatic carbocycles. The molecule has 7 heteroatoms. The van der Waals surface area contributed by atoms with Crippen molar-refractivity contribution in [3.63, 3.8) is 0 Å². The molecule has 2 aromatic rings. The SMILES string of the molecule is Cc1ccc(OCc2ccccc2C(=O)NC2CS(=O)(=O)CC2Cl)cc1. The van der Waals surface area contributed by atoms with Gasteiger partial charge in [-0.05, 0) is 25.1 Å². The van der Waals surface area contributed by atoms with Crippen molar-refractivity contribution in [1.29, 1.82) is 0 Å². The number of hydrogen-bond donors (Lipinski definition) is 1. The molecule has 1 amide bonds. The Labute approximate surface area is 158 Å². The summed E-state index contributed by atoms with van der Waals surface area (Å²) in [6.07, 6.45) is 0. The van der Waals surface area contributed by atoms with Gasteiger partial charge in [-0.2, -0.15) is 0 Å². The van der Waals surface area contributed by atoms with Gasteiger partial charge in [0.15, 0.2) is 9.84 Å². The molecule has 0 spiro atoms. The number of sulfone groups is 1. The Morgan fingerprint density at radius 1 is 1.15 bits per heavy atom. The zero-order chi connectivity index (χ0) is 18.7. The van der Waals surface area contributed by atoms with E-state index < -0.39 is 21.3 Å². The first kappa shape index (κ1) is 18.7. The van der Waals surface area contributed by atoms with Gasteiger partial charge in [-0.1, -0.05) is 35.9 Å². The fraction of sp³-hybridized carbons (Fsp3) is 0.316. The first-order valence-electron chi connectivity index (χ1n) is 8.27. The maximum atomic E-state index is 12.6. The molecule has 2 unspecified atom stereocenters. The van der Waals surface area contributed by atoms with Crippen molar-refractivity contribution in [2.24, 2.45) is 0 Å². The normalized spacial score (nSPS) is 21.3. The molecule has 138 valence electrons. The van der Waals surface area contributed by atoms with E-state index in [2.05, 4.69) is 5.32 Å². The van der Waals surface area contributed by atoms with E-state index in [9.17, 15) is 13.2 Å². The van der Waals surface area contributed by atoms with Crippen molar-refractivity contribution < 1.29 is 17.9 Å². The largest absolute Gasteiger partial charge is 0.489 e. The molecule has 0 radical (unpaired) electrons. The number of carbonyl (C=O) groups excluding carboxylic acids is 1. The summed E-state index contributed by atoms with van der Waals surface area (Å²) in [5.74, 6) is 0.126. The minimum atomic E-state index is -3.20.